The second kappa shape index (κ2) is 5.67. The molecule has 18 heavy (non-hydrogen) atoms. The van der Waals surface area contributed by atoms with Crippen LogP contribution in [0.1, 0.15) is 35.6 Å². The summed E-state index contributed by atoms with van der Waals surface area (Å²) in [5, 5.41) is 4.37. The zero-order valence-corrected chi connectivity index (χ0v) is 12.5. The largest absolute Gasteiger partial charge is 0.309 e. The zero-order valence-electron chi connectivity index (χ0n) is 10.8. The minimum atomic E-state index is -2.89. The third-order valence-corrected chi connectivity index (χ3v) is 6.02. The van der Waals surface area contributed by atoms with Gasteiger partial charge >= 0.3 is 0 Å². The molecule has 1 saturated carbocycles. The molecule has 1 aromatic heterocycles. The van der Waals surface area contributed by atoms with Gasteiger partial charge in [-0.25, -0.2) is 13.4 Å². The maximum absolute atomic E-state index is 11.6. The van der Waals surface area contributed by atoms with Crippen LogP contribution in [0.5, 0.6) is 0 Å². The fourth-order valence-corrected chi connectivity index (χ4v) is 4.37. The number of nitrogens with one attached hydrogen (secondary N) is 1. The van der Waals surface area contributed by atoms with E-state index in [-0.39, 0.29) is 5.25 Å². The van der Waals surface area contributed by atoms with Gasteiger partial charge in [-0.15, -0.1) is 11.3 Å². The average Bonchev–Trinajstić information content (AvgIpc) is 2.72. The minimum absolute atomic E-state index is 0.160. The third kappa shape index (κ3) is 3.76. The van der Waals surface area contributed by atoms with Gasteiger partial charge in [0.25, 0.3) is 0 Å². The van der Waals surface area contributed by atoms with E-state index in [1.807, 2.05) is 13.1 Å². The first-order valence-electron chi connectivity index (χ1n) is 6.28. The quantitative estimate of drug-likeness (QED) is 0.919. The summed E-state index contributed by atoms with van der Waals surface area (Å²) in [6.45, 7) is 2.79. The van der Waals surface area contributed by atoms with E-state index in [0.29, 0.717) is 6.04 Å². The first-order valence-corrected chi connectivity index (χ1v) is 9.06. The highest BCUT2D eigenvalue weighted by Gasteiger charge is 2.28. The average molecular weight is 288 g/mol. The molecule has 2 rings (SSSR count). The lowest BCUT2D eigenvalue weighted by Crippen LogP contribution is -2.38. The summed E-state index contributed by atoms with van der Waals surface area (Å²) >= 11 is 1.69. The van der Waals surface area contributed by atoms with E-state index in [2.05, 4.69) is 10.3 Å². The molecule has 2 unspecified atom stereocenters. The fourth-order valence-electron chi connectivity index (χ4n) is 2.45. The van der Waals surface area contributed by atoms with Gasteiger partial charge in [-0.1, -0.05) is 6.42 Å². The number of hydrogen-bond acceptors (Lipinski definition) is 5. The summed E-state index contributed by atoms with van der Waals surface area (Å²) in [6.07, 6.45) is 6.88. The molecule has 0 aliphatic heterocycles. The Balaban J connectivity index is 1.86. The van der Waals surface area contributed by atoms with E-state index in [4.69, 9.17) is 0 Å². The van der Waals surface area contributed by atoms with Crippen molar-refractivity contribution in [3.8, 4) is 0 Å². The molecule has 1 aliphatic carbocycles. The van der Waals surface area contributed by atoms with Crippen LogP contribution < -0.4 is 5.32 Å². The van der Waals surface area contributed by atoms with Gasteiger partial charge in [0, 0.05) is 29.9 Å². The van der Waals surface area contributed by atoms with Gasteiger partial charge < -0.3 is 5.32 Å². The monoisotopic (exact) mass is 288 g/mol. The van der Waals surface area contributed by atoms with E-state index in [1.165, 1.54) is 11.1 Å². The SMILES string of the molecule is Cc1ncc(CNC2CCCC(S(C)(=O)=O)C2)s1. The minimum Gasteiger partial charge on any atom is -0.309 e. The van der Waals surface area contributed by atoms with Crippen LogP contribution in [0.2, 0.25) is 0 Å². The Labute approximate surface area is 113 Å². The molecule has 0 aromatic carbocycles. The Morgan fingerprint density at radius 1 is 1.50 bits per heavy atom. The number of thiazole rings is 1. The molecule has 0 spiro atoms. The molecule has 0 amide bonds. The molecule has 1 heterocycles. The highest BCUT2D eigenvalue weighted by Crippen LogP contribution is 2.24. The maximum atomic E-state index is 11.6. The molecule has 102 valence electrons. The Hall–Kier alpha value is -0.460. The molecular formula is C12H20N2O2S2. The van der Waals surface area contributed by atoms with Crippen molar-refractivity contribution in [1.29, 1.82) is 0 Å². The summed E-state index contributed by atoms with van der Waals surface area (Å²) < 4.78 is 23.1. The summed E-state index contributed by atoms with van der Waals surface area (Å²) in [5.74, 6) is 0. The van der Waals surface area contributed by atoms with E-state index < -0.39 is 9.84 Å². The molecule has 1 aliphatic rings. The van der Waals surface area contributed by atoms with E-state index >= 15 is 0 Å². The van der Waals surface area contributed by atoms with Gasteiger partial charge in [0.05, 0.1) is 10.3 Å². The molecule has 0 bridgehead atoms. The van der Waals surface area contributed by atoms with Crippen molar-refractivity contribution in [2.24, 2.45) is 0 Å². The zero-order chi connectivity index (χ0) is 13.2. The van der Waals surface area contributed by atoms with Crippen molar-refractivity contribution < 1.29 is 8.42 Å². The van der Waals surface area contributed by atoms with Crippen LogP contribution in [-0.2, 0) is 16.4 Å². The van der Waals surface area contributed by atoms with Crippen molar-refractivity contribution in [3.05, 3.63) is 16.1 Å². The highest BCUT2D eigenvalue weighted by molar-refractivity contribution is 7.91. The Bertz CT molecular complexity index is 496. The smallest absolute Gasteiger partial charge is 0.150 e. The molecule has 0 radical (unpaired) electrons. The normalized spacial score (nSPS) is 25.2. The Morgan fingerprint density at radius 3 is 2.89 bits per heavy atom. The van der Waals surface area contributed by atoms with Crippen molar-refractivity contribution in [1.82, 2.24) is 10.3 Å². The first kappa shape index (κ1) is 14.0. The summed E-state index contributed by atoms with van der Waals surface area (Å²) in [6, 6.07) is 0.320. The van der Waals surface area contributed by atoms with Crippen molar-refractivity contribution >= 4 is 21.2 Å². The number of hydrogen-bond donors (Lipinski definition) is 1. The van der Waals surface area contributed by atoms with Crippen LogP contribution in [0, 0.1) is 6.92 Å². The van der Waals surface area contributed by atoms with Gasteiger partial charge in [-0.3, -0.25) is 0 Å². The van der Waals surface area contributed by atoms with Gasteiger partial charge in [0.2, 0.25) is 0 Å². The van der Waals surface area contributed by atoms with Crippen molar-refractivity contribution in [2.75, 3.05) is 6.26 Å². The predicted molar refractivity (Wildman–Crippen MR) is 74.6 cm³/mol. The lowest BCUT2D eigenvalue weighted by Gasteiger charge is -2.28. The van der Waals surface area contributed by atoms with E-state index in [0.717, 1.165) is 37.2 Å². The standard InChI is InChI=1S/C12H20N2O2S2/c1-9-13-7-11(17-9)8-14-10-4-3-5-12(6-10)18(2,15)16/h7,10,12,14H,3-6,8H2,1-2H3. The molecular weight excluding hydrogens is 268 g/mol. The van der Waals surface area contributed by atoms with Gasteiger partial charge in [-0.2, -0.15) is 0 Å². The summed E-state index contributed by atoms with van der Waals surface area (Å²) in [7, 11) is -2.89. The second-order valence-electron chi connectivity index (χ2n) is 5.04. The van der Waals surface area contributed by atoms with Crippen LogP contribution in [0.3, 0.4) is 0 Å². The van der Waals surface area contributed by atoms with Crippen LogP contribution in [0.25, 0.3) is 0 Å². The molecule has 0 saturated heterocycles. The number of aromatic nitrogens is 1. The lowest BCUT2D eigenvalue weighted by atomic mass is 9.95. The Morgan fingerprint density at radius 2 is 2.28 bits per heavy atom. The number of nitrogens with zero attached hydrogens (tertiary/aromatic N) is 1. The van der Waals surface area contributed by atoms with Crippen LogP contribution in [0.15, 0.2) is 6.20 Å². The second-order valence-corrected chi connectivity index (χ2v) is 8.69. The maximum Gasteiger partial charge on any atom is 0.150 e. The molecule has 1 N–H and O–H groups in total. The number of rotatable bonds is 4. The molecule has 6 heteroatoms. The molecule has 1 fully saturated rings. The highest BCUT2D eigenvalue weighted by atomic mass is 32.2. The van der Waals surface area contributed by atoms with Gasteiger partial charge in [-0.05, 0) is 26.2 Å². The lowest BCUT2D eigenvalue weighted by molar-refractivity contribution is 0.372. The van der Waals surface area contributed by atoms with Gasteiger partial charge in [0.1, 0.15) is 9.84 Å². The molecule has 4 nitrogen and oxygen atoms in total. The van der Waals surface area contributed by atoms with E-state index in [1.54, 1.807) is 11.3 Å². The van der Waals surface area contributed by atoms with Gasteiger partial charge in [0.15, 0.2) is 0 Å². The van der Waals surface area contributed by atoms with Crippen LogP contribution in [-0.4, -0.2) is 30.9 Å². The molecule has 2 atom stereocenters. The van der Waals surface area contributed by atoms with Crippen molar-refractivity contribution in [2.45, 2.75) is 50.4 Å². The topological polar surface area (TPSA) is 59.1 Å². The summed E-state index contributed by atoms with van der Waals surface area (Å²) in [4.78, 5) is 5.43. The summed E-state index contributed by atoms with van der Waals surface area (Å²) in [5.41, 5.74) is 0. The molecule has 1 aromatic rings. The first-order chi connectivity index (χ1) is 8.45. The predicted octanol–water partition coefficient (Wildman–Crippen LogP) is 1.90. The van der Waals surface area contributed by atoms with Crippen molar-refractivity contribution in [3.63, 3.8) is 0 Å². The Kier molecular flexibility index (Phi) is 4.40. The van der Waals surface area contributed by atoms with Crippen LogP contribution >= 0.6 is 11.3 Å². The van der Waals surface area contributed by atoms with Crippen LogP contribution in [0.4, 0.5) is 0 Å². The number of aryl methyl sites for hydroxylation is 1. The fraction of sp³-hybridized carbons (Fsp3) is 0.750. The number of sulfone groups is 1. The third-order valence-electron chi connectivity index (χ3n) is 3.47. The van der Waals surface area contributed by atoms with E-state index in [9.17, 15) is 8.42 Å².